The van der Waals surface area contributed by atoms with Crippen LogP contribution in [0.5, 0.6) is 0 Å². The van der Waals surface area contributed by atoms with Gasteiger partial charge >= 0.3 is 5.97 Å². The summed E-state index contributed by atoms with van der Waals surface area (Å²) in [4.78, 5) is 11.1. The molecule has 0 amide bonds. The van der Waals surface area contributed by atoms with E-state index in [1.807, 2.05) is 0 Å². The molecule has 0 saturated heterocycles. The summed E-state index contributed by atoms with van der Waals surface area (Å²) in [6.45, 7) is 3.81. The van der Waals surface area contributed by atoms with Crippen LogP contribution in [-0.2, 0) is 9.53 Å². The Bertz CT molecular complexity index is 222. The summed E-state index contributed by atoms with van der Waals surface area (Å²) in [6, 6.07) is -0.593. The first-order valence-electron chi connectivity index (χ1n) is 4.12. The lowest BCUT2D eigenvalue weighted by Gasteiger charge is -2.09. The van der Waals surface area contributed by atoms with E-state index in [2.05, 4.69) is 0 Å². The van der Waals surface area contributed by atoms with E-state index in [1.165, 1.54) is 0 Å². The van der Waals surface area contributed by atoms with Crippen LogP contribution in [0.3, 0.4) is 0 Å². The zero-order valence-corrected chi connectivity index (χ0v) is 7.37. The van der Waals surface area contributed by atoms with Crippen molar-refractivity contribution in [2.45, 2.75) is 32.7 Å². The Morgan fingerprint density at radius 3 is 2.92 bits per heavy atom. The molecule has 1 heterocycles. The maximum atomic E-state index is 11.2. The van der Waals surface area contributed by atoms with Crippen molar-refractivity contribution >= 4 is 11.7 Å². The summed E-state index contributed by atoms with van der Waals surface area (Å²) in [6.07, 6.45) is 1.29. The molecule has 0 aromatic heterocycles. The Labute approximate surface area is 71.4 Å². The van der Waals surface area contributed by atoms with Crippen LogP contribution in [0.15, 0.2) is 0 Å². The molecule has 0 fully saturated rings. The molecule has 0 N–H and O–H groups in total. The maximum Gasteiger partial charge on any atom is 0.376 e. The zero-order valence-electron chi connectivity index (χ0n) is 7.37. The molecule has 1 aliphatic heterocycles. The first-order chi connectivity index (χ1) is 5.66. The van der Waals surface area contributed by atoms with E-state index in [-0.39, 0.29) is 0 Å². The minimum Gasteiger partial charge on any atom is -0.623 e. The van der Waals surface area contributed by atoms with E-state index in [0.29, 0.717) is 25.2 Å². The van der Waals surface area contributed by atoms with Crippen LogP contribution in [0, 0.1) is 5.21 Å². The Hall–Kier alpha value is -1.06. The molecule has 68 valence electrons. The van der Waals surface area contributed by atoms with E-state index >= 15 is 0 Å². The third-order valence-electron chi connectivity index (χ3n) is 2.00. The summed E-state index contributed by atoms with van der Waals surface area (Å²) in [5, 5.41) is 11.2. The standard InChI is InChI=1S/C8H13NO3/c1-3-12-8(10)7-5-4-6(2)9(7)11/h7H,3-5H2,1-2H3. The van der Waals surface area contributed by atoms with Crippen LogP contribution in [0.4, 0.5) is 0 Å². The quantitative estimate of drug-likeness (QED) is 0.349. The normalized spacial score (nSPS) is 23.0. The van der Waals surface area contributed by atoms with E-state index < -0.39 is 12.0 Å². The molecular weight excluding hydrogens is 158 g/mol. The van der Waals surface area contributed by atoms with Crippen molar-refractivity contribution < 1.29 is 14.3 Å². The zero-order chi connectivity index (χ0) is 9.14. The number of ether oxygens (including phenoxy) is 1. The molecule has 4 heteroatoms. The van der Waals surface area contributed by atoms with Crippen molar-refractivity contribution in [1.82, 2.24) is 0 Å². The molecular formula is C8H13NO3. The molecule has 0 aromatic carbocycles. The van der Waals surface area contributed by atoms with Gasteiger partial charge in [0.2, 0.25) is 0 Å². The smallest absolute Gasteiger partial charge is 0.376 e. The lowest BCUT2D eigenvalue weighted by atomic mass is 10.2. The predicted octanol–water partition coefficient (Wildman–Crippen LogP) is 0.683. The van der Waals surface area contributed by atoms with E-state index in [9.17, 15) is 10.0 Å². The monoisotopic (exact) mass is 171 g/mol. The Morgan fingerprint density at radius 2 is 2.50 bits per heavy atom. The molecule has 1 unspecified atom stereocenters. The minimum absolute atomic E-state index is 0.336. The van der Waals surface area contributed by atoms with Gasteiger partial charge in [0.1, 0.15) is 0 Å². The van der Waals surface area contributed by atoms with Gasteiger partial charge in [0.15, 0.2) is 5.71 Å². The fraction of sp³-hybridized carbons (Fsp3) is 0.750. The summed E-state index contributed by atoms with van der Waals surface area (Å²) in [7, 11) is 0. The van der Waals surface area contributed by atoms with Gasteiger partial charge in [-0.2, -0.15) is 4.74 Å². The van der Waals surface area contributed by atoms with Gasteiger partial charge in [-0.25, -0.2) is 4.79 Å². The largest absolute Gasteiger partial charge is 0.623 e. The molecule has 0 bridgehead atoms. The van der Waals surface area contributed by atoms with Gasteiger partial charge in [-0.05, 0) is 6.92 Å². The highest BCUT2D eigenvalue weighted by Gasteiger charge is 2.34. The van der Waals surface area contributed by atoms with Crippen LogP contribution in [0.25, 0.3) is 0 Å². The number of rotatable bonds is 2. The number of carbonyl (C=O) groups is 1. The fourth-order valence-corrected chi connectivity index (χ4v) is 1.29. The first kappa shape index (κ1) is 9.03. The summed E-state index contributed by atoms with van der Waals surface area (Å²) >= 11 is 0. The number of nitrogens with zero attached hydrogens (tertiary/aromatic N) is 1. The molecule has 12 heavy (non-hydrogen) atoms. The number of hydrogen-bond donors (Lipinski definition) is 0. The Morgan fingerprint density at radius 1 is 1.83 bits per heavy atom. The van der Waals surface area contributed by atoms with Gasteiger partial charge in [-0.15, -0.1) is 0 Å². The molecule has 0 saturated carbocycles. The third kappa shape index (κ3) is 1.57. The molecule has 1 aliphatic rings. The van der Waals surface area contributed by atoms with E-state index in [0.717, 1.165) is 4.74 Å². The highest BCUT2D eigenvalue weighted by Crippen LogP contribution is 2.13. The minimum atomic E-state index is -0.593. The van der Waals surface area contributed by atoms with Crippen molar-refractivity contribution in [1.29, 1.82) is 0 Å². The lowest BCUT2D eigenvalue weighted by molar-refractivity contribution is -0.481. The average Bonchev–Trinajstić information content (AvgIpc) is 2.34. The third-order valence-corrected chi connectivity index (χ3v) is 2.00. The molecule has 0 radical (unpaired) electrons. The van der Waals surface area contributed by atoms with Crippen molar-refractivity contribution in [3.8, 4) is 0 Å². The topological polar surface area (TPSA) is 52.4 Å². The van der Waals surface area contributed by atoms with Crippen LogP contribution >= 0.6 is 0 Å². The number of carbonyl (C=O) groups excluding carboxylic acids is 1. The van der Waals surface area contributed by atoms with Crippen LogP contribution in [0.1, 0.15) is 26.7 Å². The average molecular weight is 171 g/mol. The van der Waals surface area contributed by atoms with Crippen molar-refractivity contribution in [3.05, 3.63) is 5.21 Å². The van der Waals surface area contributed by atoms with Crippen LogP contribution < -0.4 is 0 Å². The molecule has 0 aliphatic carbocycles. The van der Waals surface area contributed by atoms with Gasteiger partial charge in [0.05, 0.1) is 6.61 Å². The number of hydroxylamine groups is 1. The van der Waals surface area contributed by atoms with E-state index in [4.69, 9.17) is 4.74 Å². The van der Waals surface area contributed by atoms with Gasteiger partial charge in [-0.3, -0.25) is 0 Å². The predicted molar refractivity (Wildman–Crippen MR) is 44.0 cm³/mol. The highest BCUT2D eigenvalue weighted by atomic mass is 16.5. The van der Waals surface area contributed by atoms with Crippen molar-refractivity contribution in [2.75, 3.05) is 6.61 Å². The number of esters is 1. The van der Waals surface area contributed by atoms with Crippen LogP contribution in [-0.4, -0.2) is 29.1 Å². The molecule has 0 spiro atoms. The summed E-state index contributed by atoms with van der Waals surface area (Å²) in [5.41, 5.74) is 0.716. The van der Waals surface area contributed by atoms with Gasteiger partial charge in [0, 0.05) is 19.8 Å². The molecule has 4 nitrogen and oxygen atoms in total. The Balaban J connectivity index is 2.60. The van der Waals surface area contributed by atoms with Gasteiger partial charge in [0.25, 0.3) is 6.04 Å². The second-order valence-corrected chi connectivity index (χ2v) is 2.87. The summed E-state index contributed by atoms with van der Waals surface area (Å²) in [5.74, 6) is -0.399. The highest BCUT2D eigenvalue weighted by molar-refractivity contribution is 5.83. The van der Waals surface area contributed by atoms with E-state index in [1.54, 1.807) is 13.8 Å². The maximum absolute atomic E-state index is 11.2. The molecule has 0 aromatic rings. The second kappa shape index (κ2) is 3.56. The van der Waals surface area contributed by atoms with Crippen molar-refractivity contribution in [2.24, 2.45) is 0 Å². The molecule has 1 rings (SSSR count). The van der Waals surface area contributed by atoms with Gasteiger partial charge in [-0.1, -0.05) is 0 Å². The fourth-order valence-electron chi connectivity index (χ4n) is 1.29. The first-order valence-corrected chi connectivity index (χ1v) is 4.12. The van der Waals surface area contributed by atoms with Gasteiger partial charge < -0.3 is 9.94 Å². The lowest BCUT2D eigenvalue weighted by Crippen LogP contribution is -2.29. The number of hydrogen-bond acceptors (Lipinski definition) is 3. The molecule has 1 atom stereocenters. The SMILES string of the molecule is CCOC(=O)C1CCC(C)=[N+]1[O-]. The van der Waals surface area contributed by atoms with Crippen molar-refractivity contribution in [3.63, 3.8) is 0 Å². The van der Waals surface area contributed by atoms with Crippen LogP contribution in [0.2, 0.25) is 0 Å². The second-order valence-electron chi connectivity index (χ2n) is 2.87. The summed E-state index contributed by atoms with van der Waals surface area (Å²) < 4.78 is 5.51. The Kier molecular flexibility index (Phi) is 2.68.